The van der Waals surface area contributed by atoms with Crippen molar-refractivity contribution < 1.29 is 26.7 Å². The van der Waals surface area contributed by atoms with Gasteiger partial charge in [0.15, 0.2) is 0 Å². The third-order valence-electron chi connectivity index (χ3n) is 7.48. The number of hydrogen-bond donors (Lipinski definition) is 1. The van der Waals surface area contributed by atoms with E-state index >= 15 is 4.39 Å². The van der Waals surface area contributed by atoms with Crippen LogP contribution in [-0.4, -0.2) is 41.6 Å². The summed E-state index contributed by atoms with van der Waals surface area (Å²) in [6.07, 6.45) is 1.32. The highest BCUT2D eigenvalue weighted by Gasteiger charge is 2.61. The maximum atomic E-state index is 15.6. The number of likely N-dealkylation sites (tertiary alicyclic amines) is 1. The number of alkyl halides is 2. The Labute approximate surface area is 199 Å². The van der Waals surface area contributed by atoms with E-state index < -0.39 is 35.7 Å². The summed E-state index contributed by atoms with van der Waals surface area (Å²) >= 11 is 0.920. The third kappa shape index (κ3) is 4.33. The fourth-order valence-electron chi connectivity index (χ4n) is 5.45. The predicted molar refractivity (Wildman–Crippen MR) is 121 cm³/mol. The number of nitrogens with zero attached hydrogens (tertiary/aromatic N) is 1. The first-order chi connectivity index (χ1) is 16.3. The maximum Gasteiger partial charge on any atom is 0.226 e. The molecule has 1 amide bonds. The van der Waals surface area contributed by atoms with Crippen molar-refractivity contribution in [2.24, 2.45) is 11.3 Å². The van der Waals surface area contributed by atoms with Crippen molar-refractivity contribution in [3.8, 4) is 11.1 Å². The molecule has 5 rings (SSSR count). The van der Waals surface area contributed by atoms with Crippen LogP contribution in [-0.2, 0) is 11.2 Å². The summed E-state index contributed by atoms with van der Waals surface area (Å²) in [4.78, 5) is 15.0. The van der Waals surface area contributed by atoms with Crippen molar-refractivity contribution in [3.63, 3.8) is 0 Å². The zero-order chi connectivity index (χ0) is 24.0. The topological polar surface area (TPSA) is 32.3 Å². The van der Waals surface area contributed by atoms with E-state index in [9.17, 15) is 22.4 Å². The molecule has 3 nitrogen and oxygen atoms in total. The van der Waals surface area contributed by atoms with Gasteiger partial charge in [0, 0.05) is 35.5 Å². The van der Waals surface area contributed by atoms with Gasteiger partial charge in [-0.1, -0.05) is 18.2 Å². The van der Waals surface area contributed by atoms with Crippen LogP contribution < -0.4 is 4.72 Å². The number of carbonyl (C=O) groups excluding carboxylic acids is 1. The molecule has 34 heavy (non-hydrogen) atoms. The number of hydrogen-bond acceptors (Lipinski definition) is 3. The Morgan fingerprint density at radius 2 is 1.82 bits per heavy atom. The second kappa shape index (κ2) is 9.15. The Balaban J connectivity index is 1.47. The number of amides is 1. The van der Waals surface area contributed by atoms with Crippen molar-refractivity contribution in [1.82, 2.24) is 9.62 Å². The fraction of sp³-hybridized carbons (Fsp3) is 0.480. The van der Waals surface area contributed by atoms with E-state index in [-0.39, 0.29) is 53.7 Å². The second-order valence-electron chi connectivity index (χ2n) is 9.65. The lowest BCUT2D eigenvalue weighted by Gasteiger charge is -2.36. The summed E-state index contributed by atoms with van der Waals surface area (Å²) in [6, 6.07) is 6.20. The number of carbonyl (C=O) groups is 1. The van der Waals surface area contributed by atoms with Crippen LogP contribution in [0.15, 0.2) is 36.4 Å². The van der Waals surface area contributed by atoms with Gasteiger partial charge in [-0.25, -0.2) is 22.0 Å². The first kappa shape index (κ1) is 23.6. The Morgan fingerprint density at radius 3 is 2.44 bits per heavy atom. The van der Waals surface area contributed by atoms with Crippen LogP contribution in [0.3, 0.4) is 0 Å². The average Bonchev–Trinajstić information content (AvgIpc) is 3.48. The van der Waals surface area contributed by atoms with E-state index in [1.54, 1.807) is 17.0 Å². The quantitative estimate of drug-likeness (QED) is 0.401. The first-order valence-corrected chi connectivity index (χ1v) is 12.4. The van der Waals surface area contributed by atoms with Crippen molar-refractivity contribution in [3.05, 3.63) is 59.4 Å². The summed E-state index contributed by atoms with van der Waals surface area (Å²) in [5, 5.41) is 0. The lowest BCUT2D eigenvalue weighted by molar-refractivity contribution is -0.141. The molecule has 1 saturated heterocycles. The van der Waals surface area contributed by atoms with Crippen LogP contribution in [0.5, 0.6) is 0 Å². The highest BCUT2D eigenvalue weighted by molar-refractivity contribution is 7.97. The minimum Gasteiger partial charge on any atom is -0.337 e. The lowest BCUT2D eigenvalue weighted by Crippen LogP contribution is -2.49. The maximum absolute atomic E-state index is 15.6. The van der Waals surface area contributed by atoms with Crippen LogP contribution >= 0.6 is 11.9 Å². The van der Waals surface area contributed by atoms with E-state index in [1.807, 2.05) is 0 Å². The number of benzene rings is 2. The molecule has 2 aliphatic carbocycles. The van der Waals surface area contributed by atoms with Crippen molar-refractivity contribution in [1.29, 1.82) is 0 Å². The highest BCUT2D eigenvalue weighted by atomic mass is 32.2. The SMILES string of the molecule is O=C(C1CC(F)C1)N1CC2(CC2)C(NSCF)C1Cc1cccc(-c2cc(F)cc(F)c2)c1F. The average molecular weight is 497 g/mol. The molecule has 1 spiro atoms. The first-order valence-electron chi connectivity index (χ1n) is 11.4. The Kier molecular flexibility index (Phi) is 6.35. The van der Waals surface area contributed by atoms with Crippen molar-refractivity contribution in [2.75, 3.05) is 12.6 Å². The molecule has 0 bridgehead atoms. The molecule has 1 heterocycles. The second-order valence-corrected chi connectivity index (χ2v) is 10.4. The summed E-state index contributed by atoms with van der Waals surface area (Å²) in [6.45, 7) is 0.477. The molecule has 9 heteroatoms. The van der Waals surface area contributed by atoms with Gasteiger partial charge in [0.1, 0.15) is 29.6 Å². The van der Waals surface area contributed by atoms with Crippen molar-refractivity contribution in [2.45, 2.75) is 50.4 Å². The highest BCUT2D eigenvalue weighted by Crippen LogP contribution is 2.56. The molecule has 2 unspecified atom stereocenters. The Bertz CT molecular complexity index is 1070. The fourth-order valence-corrected chi connectivity index (χ4v) is 6.10. The van der Waals surface area contributed by atoms with Crippen LogP contribution in [0.25, 0.3) is 11.1 Å². The summed E-state index contributed by atoms with van der Waals surface area (Å²) in [5.74, 6) is -2.73. The molecule has 1 N–H and O–H groups in total. The monoisotopic (exact) mass is 496 g/mol. The van der Waals surface area contributed by atoms with Crippen LogP contribution in [0.1, 0.15) is 31.2 Å². The molecular weight excluding hydrogens is 471 g/mol. The third-order valence-corrected chi connectivity index (χ3v) is 8.01. The van der Waals surface area contributed by atoms with Gasteiger partial charge in [0.2, 0.25) is 5.91 Å². The lowest BCUT2D eigenvalue weighted by atomic mass is 9.82. The van der Waals surface area contributed by atoms with Crippen LogP contribution in [0.4, 0.5) is 22.0 Å². The Hall–Kier alpha value is -2.13. The van der Waals surface area contributed by atoms with Crippen molar-refractivity contribution >= 4 is 17.9 Å². The van der Waals surface area contributed by atoms with E-state index in [4.69, 9.17) is 0 Å². The van der Waals surface area contributed by atoms with Gasteiger partial charge in [-0.05, 0) is 67.3 Å². The summed E-state index contributed by atoms with van der Waals surface area (Å²) in [7, 11) is 0. The number of nitrogens with one attached hydrogen (secondary N) is 1. The molecule has 182 valence electrons. The molecule has 2 atom stereocenters. The molecule has 2 aromatic carbocycles. The van der Waals surface area contributed by atoms with Gasteiger partial charge < -0.3 is 4.90 Å². The molecule has 0 aromatic heterocycles. The van der Waals surface area contributed by atoms with Gasteiger partial charge in [-0.15, -0.1) is 0 Å². The number of halogens is 5. The molecule has 3 fully saturated rings. The molecule has 2 aromatic rings. The smallest absolute Gasteiger partial charge is 0.226 e. The molecule has 0 radical (unpaired) electrons. The predicted octanol–water partition coefficient (Wildman–Crippen LogP) is 5.59. The van der Waals surface area contributed by atoms with E-state index in [1.165, 1.54) is 6.07 Å². The molecular formula is C25H25F5N2OS. The van der Waals surface area contributed by atoms with E-state index in [0.29, 0.717) is 12.1 Å². The largest absolute Gasteiger partial charge is 0.337 e. The zero-order valence-corrected chi connectivity index (χ0v) is 19.2. The molecule has 1 aliphatic heterocycles. The van der Waals surface area contributed by atoms with Gasteiger partial charge in [0.05, 0.1) is 6.04 Å². The number of rotatable bonds is 7. The summed E-state index contributed by atoms with van der Waals surface area (Å²) < 4.78 is 72.7. The van der Waals surface area contributed by atoms with Gasteiger partial charge >= 0.3 is 0 Å². The summed E-state index contributed by atoms with van der Waals surface area (Å²) in [5.41, 5.74) is 0.258. The zero-order valence-electron chi connectivity index (χ0n) is 18.4. The van der Waals surface area contributed by atoms with E-state index in [0.717, 1.165) is 43.0 Å². The van der Waals surface area contributed by atoms with Gasteiger partial charge in [-0.3, -0.25) is 9.52 Å². The minimum atomic E-state index is -0.971. The van der Waals surface area contributed by atoms with Gasteiger partial charge in [0.25, 0.3) is 0 Å². The molecule has 3 aliphatic rings. The van der Waals surface area contributed by atoms with Crippen LogP contribution in [0, 0.1) is 28.8 Å². The van der Waals surface area contributed by atoms with Gasteiger partial charge in [-0.2, -0.15) is 0 Å². The minimum absolute atomic E-state index is 0.0646. The molecule has 2 saturated carbocycles. The van der Waals surface area contributed by atoms with Crippen LogP contribution in [0.2, 0.25) is 0 Å². The normalized spacial score (nSPS) is 27.1. The van der Waals surface area contributed by atoms with E-state index in [2.05, 4.69) is 4.72 Å². The standard InChI is InChI=1S/C25H25F5N2OS/c26-13-34-31-23-21(32(12-25(23)4-5-25)24(33)16-8-17(27)9-16)10-14-2-1-3-20(22(14)30)15-6-18(28)11-19(29)7-15/h1-3,6-7,11,16-17,21,23,31H,4-5,8-10,12-13H2. The Morgan fingerprint density at radius 1 is 1.12 bits per heavy atom.